The Hall–Kier alpha value is -2.20. The fraction of sp³-hybridized carbons (Fsp3) is 0.805. The standard InChI is InChI=1S/C41H64O9/c1-23(2)28-20-31(42)26(5)12-10-11-24(3)18-32(43)29-19-27(6)37-30(41(29,22-33(28)44)38(46)49-9)17-25(4)13-14-35-39(7,47)16-15-36(50-35)40(8,48)21-34(37)45/h17,23-24,26,28-30,34-36,45,47-48H,10-16,18-22H2,1-9H3/b25-17+/t24-,26+,28-,29+,30-,34+,35-,36+,39+,40+,41+/m0/s1. The van der Waals surface area contributed by atoms with Crippen molar-refractivity contribution in [2.75, 3.05) is 7.11 Å². The van der Waals surface area contributed by atoms with Crippen LogP contribution >= 0.6 is 0 Å². The van der Waals surface area contributed by atoms with Gasteiger partial charge in [0, 0.05) is 49.4 Å². The van der Waals surface area contributed by atoms with E-state index in [4.69, 9.17) is 9.47 Å². The maximum absolute atomic E-state index is 14.7. The largest absolute Gasteiger partial charge is 0.469 e. The molecule has 50 heavy (non-hydrogen) atoms. The first kappa shape index (κ1) is 40.6. The number of carbonyl (C=O) groups is 4. The number of carbonyl (C=O) groups excluding carboxylic acids is 4. The van der Waals surface area contributed by atoms with Gasteiger partial charge in [-0.2, -0.15) is 0 Å². The lowest BCUT2D eigenvalue weighted by Crippen LogP contribution is -2.57. The molecule has 2 aliphatic heterocycles. The molecular formula is C41H64O9. The molecule has 2 fully saturated rings. The van der Waals surface area contributed by atoms with Crippen molar-refractivity contribution in [2.45, 2.75) is 162 Å². The van der Waals surface area contributed by atoms with Gasteiger partial charge in [0.2, 0.25) is 0 Å². The molecule has 9 nitrogen and oxygen atoms in total. The van der Waals surface area contributed by atoms with Crippen molar-refractivity contribution in [1.29, 1.82) is 0 Å². The number of Topliss-reactive ketones (excluding diaryl/α,β-unsaturated/α-hetero) is 3. The molecule has 2 heterocycles. The van der Waals surface area contributed by atoms with Gasteiger partial charge in [-0.15, -0.1) is 0 Å². The van der Waals surface area contributed by atoms with Crippen molar-refractivity contribution < 1.29 is 44.0 Å². The average Bonchev–Trinajstić information content (AvgIpc) is 3.01. The number of fused-ring (bicyclic) bond motifs is 5. The van der Waals surface area contributed by atoms with Gasteiger partial charge in [-0.25, -0.2) is 0 Å². The highest BCUT2D eigenvalue weighted by molar-refractivity contribution is 5.97. The number of ether oxygens (including phenoxy) is 2. The molecule has 0 aromatic carbocycles. The first-order chi connectivity index (χ1) is 23.2. The van der Waals surface area contributed by atoms with E-state index < -0.39 is 58.7 Å². The van der Waals surface area contributed by atoms with Crippen LogP contribution in [0.3, 0.4) is 0 Å². The van der Waals surface area contributed by atoms with Crippen molar-refractivity contribution >= 4 is 23.3 Å². The second-order valence-electron chi connectivity index (χ2n) is 17.4. The molecule has 1 saturated heterocycles. The zero-order valence-electron chi connectivity index (χ0n) is 32.0. The Morgan fingerprint density at radius 2 is 1.58 bits per heavy atom. The van der Waals surface area contributed by atoms with Gasteiger partial charge in [-0.05, 0) is 83.6 Å². The van der Waals surface area contributed by atoms with Gasteiger partial charge < -0.3 is 24.8 Å². The molecule has 0 amide bonds. The molecule has 2 bridgehead atoms. The Kier molecular flexibility index (Phi) is 12.8. The summed E-state index contributed by atoms with van der Waals surface area (Å²) in [5.41, 5.74) is -2.13. The summed E-state index contributed by atoms with van der Waals surface area (Å²) in [6.45, 7) is 14.9. The van der Waals surface area contributed by atoms with Crippen LogP contribution in [0.1, 0.15) is 132 Å². The van der Waals surface area contributed by atoms with Crippen molar-refractivity contribution in [3.63, 3.8) is 0 Å². The Labute approximate surface area is 299 Å². The summed E-state index contributed by atoms with van der Waals surface area (Å²) in [7, 11) is 1.28. The smallest absolute Gasteiger partial charge is 0.313 e. The van der Waals surface area contributed by atoms with Gasteiger partial charge in [-0.1, -0.05) is 57.8 Å². The molecular weight excluding hydrogens is 636 g/mol. The van der Waals surface area contributed by atoms with Crippen LogP contribution in [0.5, 0.6) is 0 Å². The summed E-state index contributed by atoms with van der Waals surface area (Å²) in [5.74, 6) is -3.84. The van der Waals surface area contributed by atoms with Gasteiger partial charge in [0.05, 0.1) is 42.0 Å². The van der Waals surface area contributed by atoms with E-state index in [2.05, 4.69) is 0 Å². The lowest BCUT2D eigenvalue weighted by molar-refractivity contribution is -0.219. The Balaban J connectivity index is 1.98. The molecule has 282 valence electrons. The predicted octanol–water partition coefficient (Wildman–Crippen LogP) is 6.25. The number of aliphatic hydroxyl groups excluding tert-OH is 1. The Bertz CT molecular complexity index is 1360. The third-order valence-electron chi connectivity index (χ3n) is 12.9. The molecule has 11 atom stereocenters. The van der Waals surface area contributed by atoms with Crippen molar-refractivity contribution in [2.24, 2.45) is 40.9 Å². The summed E-state index contributed by atoms with van der Waals surface area (Å²) >= 11 is 0. The highest BCUT2D eigenvalue weighted by atomic mass is 16.5. The molecule has 9 heteroatoms. The molecule has 0 radical (unpaired) electrons. The van der Waals surface area contributed by atoms with E-state index in [1.807, 2.05) is 47.6 Å². The van der Waals surface area contributed by atoms with Crippen molar-refractivity contribution in [1.82, 2.24) is 0 Å². The molecule has 0 aromatic rings. The van der Waals surface area contributed by atoms with Gasteiger partial charge in [-0.3, -0.25) is 19.2 Å². The monoisotopic (exact) mass is 700 g/mol. The number of ketones is 3. The van der Waals surface area contributed by atoms with E-state index >= 15 is 0 Å². The SMILES string of the molecule is COC(=O)[C@]12CC(=O)[C@H](C(C)C)CC(=O)[C@H](C)CCC[C@H](C)CC(=O)[C@H]1CC(C)=C1[C@H](O)C[C@@](C)(O)[C@H]3CC[C@@](C)(O)[C@H](CC/C(C)=C/[C@@H]12)O3. The number of aliphatic hydroxyl groups is 3. The predicted molar refractivity (Wildman–Crippen MR) is 191 cm³/mol. The van der Waals surface area contributed by atoms with E-state index in [0.29, 0.717) is 37.7 Å². The van der Waals surface area contributed by atoms with E-state index in [9.17, 15) is 34.5 Å². The van der Waals surface area contributed by atoms with Crippen LogP contribution in [0.2, 0.25) is 0 Å². The Morgan fingerprint density at radius 3 is 2.22 bits per heavy atom. The summed E-state index contributed by atoms with van der Waals surface area (Å²) in [6, 6.07) is 0. The zero-order valence-corrected chi connectivity index (χ0v) is 32.0. The Morgan fingerprint density at radius 1 is 0.920 bits per heavy atom. The van der Waals surface area contributed by atoms with Crippen LogP contribution in [0.25, 0.3) is 0 Å². The lowest BCUT2D eigenvalue weighted by Gasteiger charge is -2.50. The summed E-state index contributed by atoms with van der Waals surface area (Å²) in [4.78, 5) is 57.4. The van der Waals surface area contributed by atoms with Crippen LogP contribution in [0, 0.1) is 40.9 Å². The maximum Gasteiger partial charge on any atom is 0.313 e. The zero-order chi connectivity index (χ0) is 37.3. The first-order valence-electron chi connectivity index (χ1n) is 19.1. The number of esters is 1. The van der Waals surface area contributed by atoms with Crippen molar-refractivity contribution in [3.8, 4) is 0 Å². The van der Waals surface area contributed by atoms with Crippen LogP contribution in [0.4, 0.5) is 0 Å². The fourth-order valence-electron chi connectivity index (χ4n) is 9.53. The minimum atomic E-state index is -1.68. The van der Waals surface area contributed by atoms with Crippen molar-refractivity contribution in [3.05, 3.63) is 22.8 Å². The highest BCUT2D eigenvalue weighted by Gasteiger charge is 2.60. The third kappa shape index (κ3) is 8.37. The van der Waals surface area contributed by atoms with Crippen LogP contribution < -0.4 is 0 Å². The molecule has 2 aliphatic carbocycles. The second kappa shape index (κ2) is 15.8. The normalized spacial score (nSPS) is 42.7. The van der Waals surface area contributed by atoms with Gasteiger partial charge in [0.15, 0.2) is 0 Å². The number of methoxy groups -OCH3 is 1. The molecule has 1 saturated carbocycles. The molecule has 3 N–H and O–H groups in total. The maximum atomic E-state index is 14.7. The molecule has 4 aliphatic rings. The van der Waals surface area contributed by atoms with Gasteiger partial charge >= 0.3 is 5.97 Å². The topological polar surface area (TPSA) is 147 Å². The van der Waals surface area contributed by atoms with Gasteiger partial charge in [0.25, 0.3) is 0 Å². The van der Waals surface area contributed by atoms with Gasteiger partial charge in [0.1, 0.15) is 17.3 Å². The van der Waals surface area contributed by atoms with E-state index in [1.54, 1.807) is 13.8 Å². The minimum Gasteiger partial charge on any atom is -0.469 e. The molecule has 4 rings (SSSR count). The average molecular weight is 701 g/mol. The first-order valence-corrected chi connectivity index (χ1v) is 19.1. The lowest BCUT2D eigenvalue weighted by atomic mass is 9.52. The summed E-state index contributed by atoms with van der Waals surface area (Å²) in [6.07, 6.45) is 3.55. The third-order valence-corrected chi connectivity index (χ3v) is 12.9. The van der Waals surface area contributed by atoms with Crippen LogP contribution in [-0.2, 0) is 28.7 Å². The number of hydrogen-bond donors (Lipinski definition) is 3. The van der Waals surface area contributed by atoms with Crippen LogP contribution in [-0.4, -0.2) is 75.3 Å². The minimum absolute atomic E-state index is 0.00867. The quantitative estimate of drug-likeness (QED) is 0.225. The number of rotatable bonds is 2. The summed E-state index contributed by atoms with van der Waals surface area (Å²) < 4.78 is 11.9. The van der Waals surface area contributed by atoms with E-state index in [0.717, 1.165) is 24.0 Å². The van der Waals surface area contributed by atoms with E-state index in [-0.39, 0.29) is 67.2 Å². The fourth-order valence-corrected chi connectivity index (χ4v) is 9.53. The second-order valence-corrected chi connectivity index (χ2v) is 17.4. The molecule has 0 unspecified atom stereocenters. The number of hydrogen-bond acceptors (Lipinski definition) is 9. The van der Waals surface area contributed by atoms with Crippen LogP contribution in [0.15, 0.2) is 22.8 Å². The highest BCUT2D eigenvalue weighted by Crippen LogP contribution is 2.56. The number of allylic oxidation sites excluding steroid dienone is 3. The summed E-state index contributed by atoms with van der Waals surface area (Å²) in [5, 5.41) is 35.3. The van der Waals surface area contributed by atoms with E-state index in [1.165, 1.54) is 7.11 Å². The molecule has 0 aromatic heterocycles. The molecule has 0 spiro atoms.